The molecule has 0 fully saturated rings. The first-order valence-corrected chi connectivity index (χ1v) is 8.39. The number of rotatable bonds is 2. The van der Waals surface area contributed by atoms with E-state index in [1.807, 2.05) is 0 Å². The Morgan fingerprint density at radius 1 is 1.31 bits per heavy atom. The van der Waals surface area contributed by atoms with Crippen molar-refractivity contribution in [3.05, 3.63) is 42.0 Å². The lowest BCUT2D eigenvalue weighted by Crippen LogP contribution is -2.65. The summed E-state index contributed by atoms with van der Waals surface area (Å²) in [5.41, 5.74) is 2.61. The molecule has 2 aliphatic rings. The fraction of sp³-hybridized carbons (Fsp3) is 0.312. The third kappa shape index (κ3) is 2.99. The van der Waals surface area contributed by atoms with E-state index in [-0.39, 0.29) is 23.8 Å². The molecule has 13 heteroatoms. The molecule has 0 bridgehead atoms. The van der Waals surface area contributed by atoms with Gasteiger partial charge in [0, 0.05) is 10.7 Å². The zero-order valence-electron chi connectivity index (χ0n) is 15.1. The molecule has 1 aromatic heterocycles. The average molecular weight is 409 g/mol. The number of ether oxygens (including phenoxy) is 1. The number of nitrogens with zero attached hydrogens (tertiary/aromatic N) is 6. The summed E-state index contributed by atoms with van der Waals surface area (Å²) in [6, 6.07) is 6.44. The number of nitrogens with one attached hydrogen (secondary N) is 1. The molecule has 0 radical (unpaired) electrons. The molecular weight excluding hydrogens is 393 g/mol. The number of fused-ring (bicyclic) bond motifs is 1. The number of methoxy groups -OCH3 is 1. The molecular formula is C16H16F3N8O2+. The normalized spacial score (nSPS) is 21.8. The zero-order valence-corrected chi connectivity index (χ0v) is 15.1. The molecule has 2 aromatic rings. The van der Waals surface area contributed by atoms with E-state index in [1.54, 1.807) is 24.3 Å². The predicted octanol–water partition coefficient (Wildman–Crippen LogP) is 0.0991. The smallest absolute Gasteiger partial charge is 0.450 e. The summed E-state index contributed by atoms with van der Waals surface area (Å²) in [5, 5.41) is 25.2. The van der Waals surface area contributed by atoms with Gasteiger partial charge in [0.2, 0.25) is 5.82 Å². The second-order valence-electron chi connectivity index (χ2n) is 6.36. The fourth-order valence-corrected chi connectivity index (χ4v) is 3.09. The number of aliphatic hydroxyl groups is 1. The van der Waals surface area contributed by atoms with Crippen molar-refractivity contribution in [3.63, 3.8) is 0 Å². The maximum Gasteiger partial charge on any atom is 0.450 e. The topological polar surface area (TPSA) is 128 Å². The first-order valence-electron chi connectivity index (χ1n) is 8.39. The number of amidine groups is 1. The van der Waals surface area contributed by atoms with Gasteiger partial charge < -0.3 is 15.6 Å². The Balaban J connectivity index is 1.88. The lowest BCUT2D eigenvalue weighted by atomic mass is 10.0. The van der Waals surface area contributed by atoms with Crippen molar-refractivity contribution in [2.24, 2.45) is 21.0 Å². The average Bonchev–Trinajstić information content (AvgIpc) is 3.24. The highest BCUT2D eigenvalue weighted by molar-refractivity contribution is 6.05. The van der Waals surface area contributed by atoms with Gasteiger partial charge in [-0.05, 0) is 12.1 Å². The van der Waals surface area contributed by atoms with Crippen molar-refractivity contribution >= 4 is 17.5 Å². The van der Waals surface area contributed by atoms with Gasteiger partial charge in [-0.25, -0.2) is 5.10 Å². The lowest BCUT2D eigenvalue weighted by molar-refractivity contribution is -0.637. The highest BCUT2D eigenvalue weighted by atomic mass is 19.4. The van der Waals surface area contributed by atoms with Crippen molar-refractivity contribution in [2.45, 2.75) is 24.7 Å². The lowest BCUT2D eigenvalue weighted by Gasteiger charge is -2.29. The Kier molecular flexibility index (Phi) is 4.26. The van der Waals surface area contributed by atoms with E-state index in [0.29, 0.717) is 16.3 Å². The van der Waals surface area contributed by atoms with Gasteiger partial charge >= 0.3 is 17.9 Å². The second kappa shape index (κ2) is 6.55. The Morgan fingerprint density at radius 2 is 2.07 bits per heavy atom. The standard InChI is InChI=1S/C16H15F3N8O2/c1-29-11-5-3-2-4-9(11)10-7-15(28,16(17,18)19)27(25-10)14-24-23-12(20)6-13-21-8-22-26(13)14/h2-5,8,28H,6-7H2,1H3,(H2,20,23)/p+1/t15-/m1/s1. The number of aromatic nitrogens is 3. The number of H-pyrrole nitrogens is 1. The van der Waals surface area contributed by atoms with Crippen LogP contribution in [0, 0.1) is 0 Å². The molecule has 0 aliphatic carbocycles. The third-order valence-electron chi connectivity index (χ3n) is 4.51. The van der Waals surface area contributed by atoms with E-state index >= 15 is 0 Å². The van der Waals surface area contributed by atoms with Crippen LogP contribution in [0.15, 0.2) is 45.9 Å². The van der Waals surface area contributed by atoms with E-state index in [0.717, 1.165) is 4.68 Å². The van der Waals surface area contributed by atoms with Crippen LogP contribution < -0.4 is 15.2 Å². The number of benzene rings is 1. The van der Waals surface area contributed by atoms with Crippen LogP contribution in [-0.2, 0) is 6.42 Å². The number of aromatic amines is 1. The van der Waals surface area contributed by atoms with E-state index < -0.39 is 24.3 Å². The maximum absolute atomic E-state index is 14.0. The van der Waals surface area contributed by atoms with Crippen molar-refractivity contribution in [1.29, 1.82) is 0 Å². The summed E-state index contributed by atoms with van der Waals surface area (Å²) in [6.45, 7) is 0. The van der Waals surface area contributed by atoms with Crippen LogP contribution in [-0.4, -0.2) is 56.7 Å². The monoisotopic (exact) mass is 409 g/mol. The van der Waals surface area contributed by atoms with Crippen molar-refractivity contribution in [1.82, 2.24) is 15.1 Å². The van der Waals surface area contributed by atoms with Crippen LogP contribution in [0.25, 0.3) is 0 Å². The SMILES string of the molecule is COc1ccccc1C1=NN(C2=NN=C(N)Cc3nc[nH][n+]32)[C@](O)(C(F)(F)F)C1. The summed E-state index contributed by atoms with van der Waals surface area (Å²) < 4.78 is 48.2. The van der Waals surface area contributed by atoms with Crippen LogP contribution >= 0.6 is 0 Å². The molecule has 29 heavy (non-hydrogen) atoms. The molecule has 0 amide bonds. The second-order valence-corrected chi connectivity index (χ2v) is 6.36. The highest BCUT2D eigenvalue weighted by Gasteiger charge is 2.67. The van der Waals surface area contributed by atoms with Crippen LogP contribution in [0.2, 0.25) is 0 Å². The summed E-state index contributed by atoms with van der Waals surface area (Å²) in [7, 11) is 1.39. The van der Waals surface area contributed by atoms with Crippen molar-refractivity contribution in [2.75, 3.05) is 7.11 Å². The first kappa shape index (κ1) is 18.9. The summed E-state index contributed by atoms with van der Waals surface area (Å²) in [6.07, 6.45) is -4.60. The molecule has 2 aliphatic heterocycles. The Morgan fingerprint density at radius 3 is 2.79 bits per heavy atom. The highest BCUT2D eigenvalue weighted by Crippen LogP contribution is 2.42. The first-order chi connectivity index (χ1) is 13.7. The minimum Gasteiger partial charge on any atom is -0.496 e. The number of hydrogen-bond acceptors (Lipinski definition) is 8. The minimum atomic E-state index is -5.06. The van der Waals surface area contributed by atoms with E-state index in [2.05, 4.69) is 25.4 Å². The quantitative estimate of drug-likeness (QED) is 0.606. The van der Waals surface area contributed by atoms with E-state index in [1.165, 1.54) is 13.4 Å². The number of hydrogen-bond donors (Lipinski definition) is 3. The Hall–Kier alpha value is -3.48. The molecule has 152 valence electrons. The molecule has 10 nitrogen and oxygen atoms in total. The van der Waals surface area contributed by atoms with Crippen LogP contribution in [0.4, 0.5) is 13.2 Å². The zero-order chi connectivity index (χ0) is 20.8. The predicted molar refractivity (Wildman–Crippen MR) is 93.9 cm³/mol. The van der Waals surface area contributed by atoms with Gasteiger partial charge in [0.25, 0.3) is 0 Å². The van der Waals surface area contributed by atoms with E-state index in [9.17, 15) is 18.3 Å². The number of alkyl halides is 3. The number of halogens is 3. The third-order valence-corrected chi connectivity index (χ3v) is 4.51. The van der Waals surface area contributed by atoms with Gasteiger partial charge in [-0.2, -0.15) is 13.2 Å². The van der Waals surface area contributed by atoms with Gasteiger partial charge in [-0.3, -0.25) is 0 Å². The summed E-state index contributed by atoms with van der Waals surface area (Å²) >= 11 is 0. The Labute approximate surface area is 161 Å². The molecule has 1 atom stereocenters. The summed E-state index contributed by atoms with van der Waals surface area (Å²) in [5.74, 6) is 0.192. The largest absolute Gasteiger partial charge is 0.496 e. The van der Waals surface area contributed by atoms with Gasteiger partial charge in [-0.1, -0.05) is 17.2 Å². The number of hydrazone groups is 1. The fourth-order valence-electron chi connectivity index (χ4n) is 3.09. The van der Waals surface area contributed by atoms with Crippen LogP contribution in [0.3, 0.4) is 0 Å². The van der Waals surface area contributed by atoms with Crippen molar-refractivity contribution < 1.29 is 27.7 Å². The van der Waals surface area contributed by atoms with Gasteiger partial charge in [0.05, 0.1) is 25.7 Å². The molecule has 0 spiro atoms. The van der Waals surface area contributed by atoms with Crippen LogP contribution in [0.5, 0.6) is 5.75 Å². The minimum absolute atomic E-state index is 0.0344. The van der Waals surface area contributed by atoms with Crippen molar-refractivity contribution in [3.8, 4) is 5.75 Å². The van der Waals surface area contributed by atoms with Gasteiger partial charge in [-0.15, -0.1) is 19.8 Å². The molecule has 3 heterocycles. The molecule has 0 unspecified atom stereocenters. The van der Waals surface area contributed by atoms with E-state index in [4.69, 9.17) is 10.5 Å². The molecule has 0 saturated carbocycles. The summed E-state index contributed by atoms with van der Waals surface area (Å²) in [4.78, 5) is 4.01. The van der Waals surface area contributed by atoms with Gasteiger partial charge in [0.15, 0.2) is 6.33 Å². The molecule has 0 saturated heterocycles. The molecule has 4 rings (SSSR count). The van der Waals surface area contributed by atoms with Crippen LogP contribution in [0.1, 0.15) is 17.8 Å². The Bertz CT molecular complexity index is 1040. The van der Waals surface area contributed by atoms with Gasteiger partial charge in [0.1, 0.15) is 11.6 Å². The number of para-hydroxylation sites is 1. The number of nitrogens with two attached hydrogens (primary N) is 1. The maximum atomic E-state index is 14.0. The molecule has 4 N–H and O–H groups in total. The molecule has 1 aromatic carbocycles.